The van der Waals surface area contributed by atoms with Crippen LogP contribution in [-0.2, 0) is 58.1 Å². The predicted octanol–water partition coefficient (Wildman–Crippen LogP) is -8.36. The third-order valence-electron chi connectivity index (χ3n) is 0.963. The van der Waals surface area contributed by atoms with Crippen molar-refractivity contribution in [2.75, 3.05) is 19.8 Å². The molecule has 23 heteroatoms. The van der Waals surface area contributed by atoms with Crippen molar-refractivity contribution in [2.45, 2.75) is 0 Å². The monoisotopic (exact) mass is 742 g/mol. The summed E-state index contributed by atoms with van der Waals surface area (Å²) in [5, 5.41) is 28.2. The predicted molar refractivity (Wildman–Crippen MR) is 62.0 cm³/mol. The van der Waals surface area contributed by atoms with Gasteiger partial charge in [0.05, 0.1) is 17.9 Å². The molecule has 164 valence electrons. The molecule has 0 amide bonds. The van der Waals surface area contributed by atoms with Crippen molar-refractivity contribution in [1.29, 1.82) is 0 Å². The standard InChI is InChI=1S/3C2H4O6S.2Ce/c3*3-2(4)1-8-9(5,6)7;;/h3*1H2,(H,3,4)(H,5,6,7);;/q;;;2*+3/p-6. The summed E-state index contributed by atoms with van der Waals surface area (Å²) in [6, 6.07) is 0. The molecular formula is C6H6Ce2O18S3. The third kappa shape index (κ3) is 58.5. The zero-order valence-corrected chi connectivity index (χ0v) is 21.9. The van der Waals surface area contributed by atoms with E-state index in [1.807, 2.05) is 0 Å². The van der Waals surface area contributed by atoms with Gasteiger partial charge in [-0.2, -0.15) is 0 Å². The van der Waals surface area contributed by atoms with Gasteiger partial charge >= 0.3 is 83.5 Å². The summed E-state index contributed by atoms with van der Waals surface area (Å²) in [5.41, 5.74) is 0. The molecule has 0 unspecified atom stereocenters. The molecule has 0 aromatic heterocycles. The molecule has 0 fully saturated rings. The minimum atomic E-state index is -4.89. The molecule has 2 radical (unpaired) electrons. The Balaban J connectivity index is -0.0000000960. The van der Waals surface area contributed by atoms with Crippen LogP contribution in [0.3, 0.4) is 0 Å². The van der Waals surface area contributed by atoms with E-state index in [9.17, 15) is 68.6 Å². The molecule has 0 aromatic rings. The summed E-state index contributed by atoms with van der Waals surface area (Å²) in [6.45, 7) is -3.69. The Morgan fingerprint density at radius 3 is 0.690 bits per heavy atom. The normalized spacial score (nSPS) is 10.4. The Bertz CT molecular complexity index is 687. The zero-order chi connectivity index (χ0) is 22.5. The van der Waals surface area contributed by atoms with Gasteiger partial charge in [0.15, 0.2) is 0 Å². The van der Waals surface area contributed by atoms with E-state index < -0.39 is 68.9 Å². The van der Waals surface area contributed by atoms with Gasteiger partial charge in [0.1, 0.15) is 19.8 Å². The van der Waals surface area contributed by atoms with Crippen LogP contribution in [-0.4, -0.2) is 76.6 Å². The molecule has 29 heavy (non-hydrogen) atoms. The van der Waals surface area contributed by atoms with E-state index in [2.05, 4.69) is 12.5 Å². The van der Waals surface area contributed by atoms with Gasteiger partial charge in [0, 0.05) is 0 Å². The first kappa shape index (κ1) is 40.2. The minimum absolute atomic E-state index is 0. The minimum Gasteiger partial charge on any atom is -0.726 e. The van der Waals surface area contributed by atoms with Gasteiger partial charge in [-0.15, -0.1) is 0 Å². The maximum absolute atomic E-state index is 9.47. The van der Waals surface area contributed by atoms with E-state index in [0.717, 1.165) is 0 Å². The second-order valence-corrected chi connectivity index (χ2v) is 6.28. The first-order chi connectivity index (χ1) is 11.7. The van der Waals surface area contributed by atoms with Crippen LogP contribution in [0.15, 0.2) is 0 Å². The molecule has 0 saturated carbocycles. The molecule has 0 aliphatic rings. The van der Waals surface area contributed by atoms with Crippen LogP contribution < -0.4 is 15.3 Å². The Morgan fingerprint density at radius 2 is 0.655 bits per heavy atom. The number of rotatable bonds is 9. The Morgan fingerprint density at radius 1 is 0.517 bits per heavy atom. The molecule has 0 saturated heterocycles. The van der Waals surface area contributed by atoms with Gasteiger partial charge in [-0.25, -0.2) is 25.3 Å². The first-order valence-electron chi connectivity index (χ1n) is 5.15. The molecule has 0 atom stereocenters. The molecular weight excluding hydrogens is 736 g/mol. The van der Waals surface area contributed by atoms with E-state index in [1.165, 1.54) is 0 Å². The number of aliphatic carboxylic acids is 3. The van der Waals surface area contributed by atoms with Crippen molar-refractivity contribution in [3.8, 4) is 0 Å². The summed E-state index contributed by atoms with van der Waals surface area (Å²) >= 11 is 0. The Hall–Kier alpha value is 0.773. The second-order valence-electron chi connectivity index (χ2n) is 3.13. The van der Waals surface area contributed by atoms with Gasteiger partial charge in [-0.3, -0.25) is 12.5 Å². The number of hydrogen-bond acceptors (Lipinski definition) is 18. The molecule has 0 bridgehead atoms. The van der Waals surface area contributed by atoms with E-state index in [4.69, 9.17) is 0 Å². The van der Waals surface area contributed by atoms with Crippen LogP contribution >= 0.6 is 0 Å². The summed E-state index contributed by atoms with van der Waals surface area (Å²) < 4.78 is 94.9. The largest absolute Gasteiger partial charge is 3.00 e. The topological polar surface area (TPSA) is 320 Å². The Kier molecular flexibility index (Phi) is 26.9. The van der Waals surface area contributed by atoms with Crippen LogP contribution in [0.2, 0.25) is 0 Å². The molecule has 0 heterocycles. The molecule has 0 aliphatic carbocycles. The quantitative estimate of drug-likeness (QED) is 0.156. The number of carbonyl (C=O) groups excluding carboxylic acids is 3. The van der Waals surface area contributed by atoms with Gasteiger partial charge in [-0.05, 0) is 0 Å². The third-order valence-corrected chi connectivity index (χ3v) is 2.18. The SMILES string of the molecule is O=C([O-])COS(=O)(=O)[O-].O=C([O-])COS(=O)(=O)[O-].O=C([O-])COS(=O)(=O)[O-].[Ce+3].[Ce+3]. The fourth-order valence-electron chi connectivity index (χ4n) is 0.361. The van der Waals surface area contributed by atoms with Crippen LogP contribution in [0, 0.1) is 83.5 Å². The first-order valence-corrected chi connectivity index (χ1v) is 9.15. The van der Waals surface area contributed by atoms with Crippen LogP contribution in [0.1, 0.15) is 0 Å². The van der Waals surface area contributed by atoms with Gasteiger partial charge < -0.3 is 43.4 Å². The summed E-state index contributed by atoms with van der Waals surface area (Å²) in [4.78, 5) is 28.2. The van der Waals surface area contributed by atoms with Crippen molar-refractivity contribution in [2.24, 2.45) is 0 Å². The summed E-state index contributed by atoms with van der Waals surface area (Å²) in [7, 11) is -14.7. The number of carboxylic acid groups (broad SMARTS) is 3. The molecule has 0 aliphatic heterocycles. The smallest absolute Gasteiger partial charge is 0.726 e. The fraction of sp³-hybridized carbons (Fsp3) is 0.500. The summed E-state index contributed by atoms with van der Waals surface area (Å²) in [6.07, 6.45) is 0. The molecule has 0 rings (SSSR count). The van der Waals surface area contributed by atoms with Crippen molar-refractivity contribution < 1.29 is 165 Å². The van der Waals surface area contributed by atoms with Gasteiger partial charge in [-0.1, -0.05) is 0 Å². The van der Waals surface area contributed by atoms with E-state index in [0.29, 0.717) is 0 Å². The average molecular weight is 743 g/mol. The maximum Gasteiger partial charge on any atom is 3.00 e. The number of carboxylic acids is 3. The molecule has 0 N–H and O–H groups in total. The van der Waals surface area contributed by atoms with Gasteiger partial charge in [0.2, 0.25) is 31.2 Å². The van der Waals surface area contributed by atoms with Crippen LogP contribution in [0.4, 0.5) is 0 Å². The number of carbonyl (C=O) groups is 3. The van der Waals surface area contributed by atoms with Crippen LogP contribution in [0.25, 0.3) is 0 Å². The van der Waals surface area contributed by atoms with Crippen molar-refractivity contribution >= 4 is 49.1 Å². The average Bonchev–Trinajstić information content (AvgIpc) is 2.40. The summed E-state index contributed by atoms with van der Waals surface area (Å²) in [5.74, 6) is -5.27. The van der Waals surface area contributed by atoms with Crippen molar-refractivity contribution in [3.05, 3.63) is 0 Å². The van der Waals surface area contributed by atoms with E-state index >= 15 is 0 Å². The van der Waals surface area contributed by atoms with Gasteiger partial charge in [0.25, 0.3) is 0 Å². The fourth-order valence-corrected chi connectivity index (χ4v) is 1.08. The van der Waals surface area contributed by atoms with Crippen molar-refractivity contribution in [1.82, 2.24) is 0 Å². The number of hydrogen-bond donors (Lipinski definition) is 0. The van der Waals surface area contributed by atoms with Crippen molar-refractivity contribution in [3.63, 3.8) is 0 Å². The Labute approximate surface area is 230 Å². The molecule has 0 aromatic carbocycles. The van der Waals surface area contributed by atoms with E-state index in [-0.39, 0.29) is 83.5 Å². The van der Waals surface area contributed by atoms with E-state index in [1.54, 1.807) is 0 Å². The maximum atomic E-state index is 9.47. The zero-order valence-electron chi connectivity index (χ0n) is 13.2. The molecule has 0 spiro atoms. The van der Waals surface area contributed by atoms with Crippen LogP contribution in [0.5, 0.6) is 0 Å². The molecule has 18 nitrogen and oxygen atoms in total. The second kappa shape index (κ2) is 19.5.